The van der Waals surface area contributed by atoms with E-state index >= 15 is 0 Å². The molecule has 8 heteroatoms. The second-order valence-electron chi connectivity index (χ2n) is 10.6. The smallest absolute Gasteiger partial charge is 0.315 e. The van der Waals surface area contributed by atoms with Crippen LogP contribution in [0.3, 0.4) is 0 Å². The second-order valence-corrected chi connectivity index (χ2v) is 12.4. The highest BCUT2D eigenvalue weighted by Crippen LogP contribution is 2.53. The number of sulfonamides is 1. The predicted octanol–water partition coefficient (Wildman–Crippen LogP) is 4.41. The van der Waals surface area contributed by atoms with Crippen LogP contribution in [0.5, 0.6) is 0 Å². The molecule has 2 aromatic rings. The molecule has 2 aliphatic heterocycles. The minimum absolute atomic E-state index is 0.152. The van der Waals surface area contributed by atoms with Gasteiger partial charge in [0.05, 0.1) is 4.90 Å². The molecule has 2 bridgehead atoms. The van der Waals surface area contributed by atoms with Crippen molar-refractivity contribution in [1.29, 1.82) is 0 Å². The van der Waals surface area contributed by atoms with Crippen LogP contribution in [0.15, 0.2) is 53.4 Å². The first-order chi connectivity index (χ1) is 17.4. The lowest BCUT2D eigenvalue weighted by Crippen LogP contribution is -2.45. The maximum atomic E-state index is 12.3. The van der Waals surface area contributed by atoms with E-state index in [1.165, 1.54) is 25.8 Å². The average Bonchev–Trinajstić information content (AvgIpc) is 3.43. The number of nitrogens with one attached hydrogen (secondary N) is 3. The molecule has 0 aromatic heterocycles. The van der Waals surface area contributed by atoms with Crippen LogP contribution in [0, 0.1) is 12.8 Å². The highest BCUT2D eigenvalue weighted by atomic mass is 32.2. The van der Waals surface area contributed by atoms with E-state index in [-0.39, 0.29) is 30.1 Å². The lowest BCUT2D eigenvalue weighted by Gasteiger charge is -2.31. The largest absolute Gasteiger partial charge is 0.337 e. The second kappa shape index (κ2) is 10.9. The summed E-state index contributed by atoms with van der Waals surface area (Å²) in [7, 11) is -3.56. The van der Waals surface area contributed by atoms with Gasteiger partial charge in [0.2, 0.25) is 10.0 Å². The van der Waals surface area contributed by atoms with Gasteiger partial charge in [0.15, 0.2) is 0 Å². The van der Waals surface area contributed by atoms with Crippen molar-refractivity contribution >= 4 is 16.1 Å². The van der Waals surface area contributed by atoms with Gasteiger partial charge in [-0.3, -0.25) is 4.90 Å². The highest BCUT2D eigenvalue weighted by Gasteiger charge is 2.43. The minimum atomic E-state index is -3.56. The predicted molar refractivity (Wildman–Crippen MR) is 141 cm³/mol. The number of carbonyl (C=O) groups excluding carboxylic acids is 1. The van der Waals surface area contributed by atoms with Crippen LogP contribution < -0.4 is 15.4 Å². The first-order valence-electron chi connectivity index (χ1n) is 13.4. The molecule has 1 aliphatic carbocycles. The molecule has 3 aliphatic rings. The number of aryl methyl sites for hydroxylation is 1. The van der Waals surface area contributed by atoms with Crippen molar-refractivity contribution in [3.05, 3.63) is 65.2 Å². The molecule has 0 spiro atoms. The van der Waals surface area contributed by atoms with Crippen molar-refractivity contribution in [2.75, 3.05) is 19.6 Å². The Bertz CT molecular complexity index is 1130. The van der Waals surface area contributed by atoms with Crippen LogP contribution in [0.1, 0.15) is 73.7 Å². The van der Waals surface area contributed by atoms with E-state index < -0.39 is 10.0 Å². The van der Waals surface area contributed by atoms with Gasteiger partial charge < -0.3 is 10.6 Å². The molecule has 7 nitrogen and oxygen atoms in total. The first-order valence-corrected chi connectivity index (χ1v) is 14.8. The number of hydrogen-bond acceptors (Lipinski definition) is 4. The summed E-state index contributed by atoms with van der Waals surface area (Å²) >= 11 is 0. The standard InChI is InChI=1S/C28H38N4O3S/c1-20-6-12-23(13-7-20)36(34,35)30-18-17-29-28(33)31-22-10-8-21(9-11-22)16-19-32-26-14-15-27(32)25-5-3-2-4-24(25)26/h2-7,12-13,21-22,26-27,30H,8-11,14-19H2,1H3,(H2,29,31,33). The zero-order chi connectivity index (χ0) is 25.1. The third-order valence-corrected chi connectivity index (χ3v) is 9.72. The van der Waals surface area contributed by atoms with E-state index in [4.69, 9.17) is 0 Å². The van der Waals surface area contributed by atoms with E-state index in [0.29, 0.717) is 12.1 Å². The van der Waals surface area contributed by atoms with Crippen molar-refractivity contribution in [3.63, 3.8) is 0 Å². The number of benzene rings is 2. The monoisotopic (exact) mass is 510 g/mol. The molecule has 2 heterocycles. The Morgan fingerprint density at radius 3 is 2.17 bits per heavy atom. The Hall–Kier alpha value is -2.42. The van der Waals surface area contributed by atoms with E-state index in [1.807, 2.05) is 6.92 Å². The fraction of sp³-hybridized carbons (Fsp3) is 0.536. The third kappa shape index (κ3) is 5.61. The number of nitrogens with zero attached hydrogens (tertiary/aromatic N) is 1. The fourth-order valence-corrected chi connectivity index (χ4v) is 7.32. The molecule has 5 rings (SSSR count). The molecule has 3 N–H and O–H groups in total. The van der Waals surface area contributed by atoms with Crippen molar-refractivity contribution in [2.24, 2.45) is 5.92 Å². The van der Waals surface area contributed by atoms with Crippen LogP contribution >= 0.6 is 0 Å². The lowest BCUT2D eigenvalue weighted by molar-refractivity contribution is 0.185. The van der Waals surface area contributed by atoms with Gasteiger partial charge in [-0.15, -0.1) is 0 Å². The Morgan fingerprint density at radius 1 is 0.889 bits per heavy atom. The Kier molecular flexibility index (Phi) is 7.65. The Labute approximate surface area is 215 Å². The molecule has 0 radical (unpaired) electrons. The summed E-state index contributed by atoms with van der Waals surface area (Å²) in [5.74, 6) is 0.727. The van der Waals surface area contributed by atoms with Crippen molar-refractivity contribution in [2.45, 2.75) is 74.9 Å². The van der Waals surface area contributed by atoms with Gasteiger partial charge in [-0.25, -0.2) is 17.9 Å². The SMILES string of the molecule is Cc1ccc(S(=O)(=O)NCCNC(=O)NC2CCC(CCN3C4CCC3c3ccccc34)CC2)cc1. The van der Waals surface area contributed by atoms with Crippen molar-refractivity contribution in [1.82, 2.24) is 20.3 Å². The molecule has 2 unspecified atom stereocenters. The molecule has 1 saturated heterocycles. The minimum Gasteiger partial charge on any atom is -0.337 e. The summed E-state index contributed by atoms with van der Waals surface area (Å²) < 4.78 is 27.2. The maximum absolute atomic E-state index is 12.3. The van der Waals surface area contributed by atoms with E-state index in [1.54, 1.807) is 35.4 Å². The number of carbonyl (C=O) groups is 1. The van der Waals surface area contributed by atoms with Crippen LogP contribution in [-0.4, -0.2) is 45.0 Å². The summed E-state index contributed by atoms with van der Waals surface area (Å²) in [6, 6.07) is 16.9. The first kappa shape index (κ1) is 25.2. The summed E-state index contributed by atoms with van der Waals surface area (Å²) in [6.45, 7) is 3.48. The molecule has 1 saturated carbocycles. The van der Waals surface area contributed by atoms with Crippen LogP contribution in [0.2, 0.25) is 0 Å². The van der Waals surface area contributed by atoms with E-state index in [0.717, 1.165) is 37.2 Å². The summed E-state index contributed by atoms with van der Waals surface area (Å²) in [5, 5.41) is 5.85. The third-order valence-electron chi connectivity index (χ3n) is 8.24. The number of amides is 2. The number of urea groups is 1. The van der Waals surface area contributed by atoms with Crippen LogP contribution in [0.4, 0.5) is 4.79 Å². The zero-order valence-corrected chi connectivity index (χ0v) is 21.9. The molecular formula is C28H38N4O3S. The molecular weight excluding hydrogens is 472 g/mol. The number of fused-ring (bicyclic) bond motifs is 5. The van der Waals surface area contributed by atoms with Crippen molar-refractivity contribution < 1.29 is 13.2 Å². The fourth-order valence-electron chi connectivity index (χ4n) is 6.29. The number of rotatable bonds is 9. The molecule has 36 heavy (non-hydrogen) atoms. The molecule has 2 aromatic carbocycles. The number of hydrogen-bond donors (Lipinski definition) is 3. The molecule has 2 fully saturated rings. The van der Waals surface area contributed by atoms with Crippen LogP contribution in [0.25, 0.3) is 0 Å². The summed E-state index contributed by atoms with van der Waals surface area (Å²) in [6.07, 6.45) is 8.13. The summed E-state index contributed by atoms with van der Waals surface area (Å²) in [4.78, 5) is 15.3. The van der Waals surface area contributed by atoms with Gasteiger partial charge >= 0.3 is 6.03 Å². The molecule has 2 amide bonds. The zero-order valence-electron chi connectivity index (χ0n) is 21.1. The lowest BCUT2D eigenvalue weighted by atomic mass is 9.84. The summed E-state index contributed by atoms with van der Waals surface area (Å²) in [5.41, 5.74) is 4.11. The Morgan fingerprint density at radius 2 is 1.53 bits per heavy atom. The topological polar surface area (TPSA) is 90.5 Å². The van der Waals surface area contributed by atoms with E-state index in [2.05, 4.69) is 44.5 Å². The van der Waals surface area contributed by atoms with Crippen molar-refractivity contribution in [3.8, 4) is 0 Å². The highest BCUT2D eigenvalue weighted by molar-refractivity contribution is 7.89. The van der Waals surface area contributed by atoms with Gasteiger partial charge in [0.1, 0.15) is 0 Å². The molecule has 2 atom stereocenters. The molecule has 194 valence electrons. The quantitative estimate of drug-likeness (QED) is 0.436. The van der Waals surface area contributed by atoms with Crippen LogP contribution in [-0.2, 0) is 10.0 Å². The van der Waals surface area contributed by atoms with Gasteiger partial charge in [0.25, 0.3) is 0 Å². The van der Waals surface area contributed by atoms with Gasteiger partial charge in [-0.05, 0) is 87.6 Å². The van der Waals surface area contributed by atoms with Gasteiger partial charge in [-0.2, -0.15) is 0 Å². The average molecular weight is 511 g/mol. The van der Waals surface area contributed by atoms with E-state index in [9.17, 15) is 13.2 Å². The maximum Gasteiger partial charge on any atom is 0.315 e. The van der Waals surface area contributed by atoms with Gasteiger partial charge in [0, 0.05) is 31.2 Å². The normalized spacial score (nSPS) is 25.5. The van der Waals surface area contributed by atoms with Gasteiger partial charge in [-0.1, -0.05) is 42.0 Å². The Balaban J connectivity index is 0.974.